The van der Waals surface area contributed by atoms with E-state index in [9.17, 15) is 9.90 Å². The molecule has 1 fully saturated rings. The molecule has 1 rings (SSSR count). The lowest BCUT2D eigenvalue weighted by molar-refractivity contribution is -0.188. The smallest absolute Gasteiger partial charge is 0.313 e. The standard InChI is InChI=1S/C21H40O3/c1-3-5-7-9-10-11-12-13-15-18(22)17-20-19(21(23)24-20)16-14-8-6-4-2/h18-20,22H,3-17H2,1-2H3/t18-,19-,20-/m0/s1. The molecule has 0 radical (unpaired) electrons. The molecular formula is C21H40O3. The van der Waals surface area contributed by atoms with Gasteiger partial charge in [-0.15, -0.1) is 0 Å². The molecule has 0 unspecified atom stereocenters. The Kier molecular flexibility index (Phi) is 12.2. The van der Waals surface area contributed by atoms with E-state index >= 15 is 0 Å². The van der Waals surface area contributed by atoms with Gasteiger partial charge in [0.1, 0.15) is 6.10 Å². The van der Waals surface area contributed by atoms with Crippen molar-refractivity contribution in [2.75, 3.05) is 0 Å². The van der Waals surface area contributed by atoms with Crippen LogP contribution in [0.1, 0.15) is 110 Å². The lowest BCUT2D eigenvalue weighted by Crippen LogP contribution is -2.46. The number of unbranched alkanes of at least 4 members (excludes halogenated alkanes) is 10. The molecule has 1 heterocycles. The highest BCUT2D eigenvalue weighted by Crippen LogP contribution is 2.31. The van der Waals surface area contributed by atoms with E-state index in [1.165, 1.54) is 64.2 Å². The van der Waals surface area contributed by atoms with Gasteiger partial charge in [-0.1, -0.05) is 90.9 Å². The molecular weight excluding hydrogens is 300 g/mol. The summed E-state index contributed by atoms with van der Waals surface area (Å²) in [6.45, 7) is 4.44. The Morgan fingerprint density at radius 1 is 0.875 bits per heavy atom. The number of aliphatic hydroxyl groups excluding tert-OH is 1. The van der Waals surface area contributed by atoms with Crippen molar-refractivity contribution >= 4 is 5.97 Å². The lowest BCUT2D eigenvalue weighted by Gasteiger charge is -2.36. The summed E-state index contributed by atoms with van der Waals surface area (Å²) in [6, 6.07) is 0. The summed E-state index contributed by atoms with van der Waals surface area (Å²) in [5.74, 6) is 0.00542. The first kappa shape index (κ1) is 21.5. The minimum atomic E-state index is -0.304. The van der Waals surface area contributed by atoms with Gasteiger partial charge in [-0.25, -0.2) is 0 Å². The van der Waals surface area contributed by atoms with Crippen molar-refractivity contribution < 1.29 is 14.6 Å². The number of ether oxygens (including phenoxy) is 1. The lowest BCUT2D eigenvalue weighted by atomic mass is 9.86. The van der Waals surface area contributed by atoms with Crippen LogP contribution in [0.3, 0.4) is 0 Å². The first-order chi connectivity index (χ1) is 11.7. The van der Waals surface area contributed by atoms with E-state index in [4.69, 9.17) is 4.74 Å². The number of hydrogen-bond acceptors (Lipinski definition) is 3. The zero-order valence-electron chi connectivity index (χ0n) is 16.1. The van der Waals surface area contributed by atoms with E-state index in [1.54, 1.807) is 0 Å². The molecule has 0 aromatic rings. The molecule has 1 N–H and O–H groups in total. The van der Waals surface area contributed by atoms with Crippen molar-refractivity contribution in [3.05, 3.63) is 0 Å². The Labute approximate surface area is 149 Å². The molecule has 0 aromatic heterocycles. The Bertz CT molecular complexity index is 316. The van der Waals surface area contributed by atoms with Gasteiger partial charge in [-0.05, 0) is 12.8 Å². The third kappa shape index (κ3) is 9.05. The van der Waals surface area contributed by atoms with Gasteiger partial charge in [0.15, 0.2) is 0 Å². The monoisotopic (exact) mass is 340 g/mol. The van der Waals surface area contributed by atoms with Crippen molar-refractivity contribution in [2.24, 2.45) is 5.92 Å². The van der Waals surface area contributed by atoms with Crippen LogP contribution < -0.4 is 0 Å². The highest BCUT2D eigenvalue weighted by atomic mass is 16.6. The van der Waals surface area contributed by atoms with Gasteiger partial charge in [-0.2, -0.15) is 0 Å². The third-order valence-electron chi connectivity index (χ3n) is 5.28. The van der Waals surface area contributed by atoms with Crippen molar-refractivity contribution in [3.8, 4) is 0 Å². The summed E-state index contributed by atoms with van der Waals surface area (Å²) in [7, 11) is 0. The molecule has 3 nitrogen and oxygen atoms in total. The van der Waals surface area contributed by atoms with Crippen molar-refractivity contribution in [1.82, 2.24) is 0 Å². The zero-order valence-corrected chi connectivity index (χ0v) is 16.1. The number of cyclic esters (lactones) is 1. The molecule has 0 saturated carbocycles. The van der Waals surface area contributed by atoms with Crippen LogP contribution in [0, 0.1) is 5.92 Å². The second-order valence-corrected chi connectivity index (χ2v) is 7.58. The predicted molar refractivity (Wildman–Crippen MR) is 100.0 cm³/mol. The zero-order chi connectivity index (χ0) is 17.6. The molecule has 3 atom stereocenters. The summed E-state index contributed by atoms with van der Waals surface area (Å²) in [6.07, 6.45) is 17.2. The number of esters is 1. The first-order valence-corrected chi connectivity index (χ1v) is 10.6. The predicted octanol–water partition coefficient (Wildman–Crippen LogP) is 5.78. The second kappa shape index (κ2) is 13.7. The fraction of sp³-hybridized carbons (Fsp3) is 0.952. The van der Waals surface area contributed by atoms with Gasteiger partial charge in [0.05, 0.1) is 12.0 Å². The number of carbonyl (C=O) groups is 1. The largest absolute Gasteiger partial charge is 0.461 e. The van der Waals surface area contributed by atoms with Crippen LogP contribution in [-0.2, 0) is 9.53 Å². The number of carbonyl (C=O) groups excluding carboxylic acids is 1. The quantitative estimate of drug-likeness (QED) is 0.286. The van der Waals surface area contributed by atoms with Crippen LogP contribution in [0.25, 0.3) is 0 Å². The van der Waals surface area contributed by atoms with E-state index in [-0.39, 0.29) is 24.1 Å². The molecule has 0 aliphatic carbocycles. The Morgan fingerprint density at radius 2 is 1.42 bits per heavy atom. The average Bonchev–Trinajstić information content (AvgIpc) is 2.56. The second-order valence-electron chi connectivity index (χ2n) is 7.58. The van der Waals surface area contributed by atoms with Crippen LogP contribution in [0.4, 0.5) is 0 Å². The molecule has 0 bridgehead atoms. The van der Waals surface area contributed by atoms with Crippen LogP contribution in [0.15, 0.2) is 0 Å². The molecule has 1 saturated heterocycles. The Balaban J connectivity index is 2.01. The summed E-state index contributed by atoms with van der Waals surface area (Å²) in [4.78, 5) is 11.6. The maximum atomic E-state index is 11.6. The first-order valence-electron chi connectivity index (χ1n) is 10.6. The number of aliphatic hydroxyl groups is 1. The molecule has 0 amide bonds. The van der Waals surface area contributed by atoms with Gasteiger partial charge in [0.25, 0.3) is 0 Å². The maximum Gasteiger partial charge on any atom is 0.313 e. The van der Waals surface area contributed by atoms with Crippen LogP contribution in [0.5, 0.6) is 0 Å². The van der Waals surface area contributed by atoms with Crippen LogP contribution in [0.2, 0.25) is 0 Å². The van der Waals surface area contributed by atoms with E-state index < -0.39 is 0 Å². The summed E-state index contributed by atoms with van der Waals surface area (Å²) in [5, 5.41) is 10.2. The fourth-order valence-electron chi connectivity index (χ4n) is 3.61. The summed E-state index contributed by atoms with van der Waals surface area (Å²) < 4.78 is 5.26. The highest BCUT2D eigenvalue weighted by Gasteiger charge is 2.42. The van der Waals surface area contributed by atoms with Crippen LogP contribution >= 0.6 is 0 Å². The number of hydrogen-bond donors (Lipinski definition) is 1. The van der Waals surface area contributed by atoms with Gasteiger partial charge in [0.2, 0.25) is 0 Å². The maximum absolute atomic E-state index is 11.6. The molecule has 24 heavy (non-hydrogen) atoms. The average molecular weight is 341 g/mol. The van der Waals surface area contributed by atoms with Gasteiger partial charge >= 0.3 is 5.97 Å². The van der Waals surface area contributed by atoms with Crippen molar-refractivity contribution in [1.29, 1.82) is 0 Å². The van der Waals surface area contributed by atoms with E-state index in [0.29, 0.717) is 6.42 Å². The van der Waals surface area contributed by atoms with E-state index in [1.807, 2.05) is 0 Å². The fourth-order valence-corrected chi connectivity index (χ4v) is 3.61. The van der Waals surface area contributed by atoms with Gasteiger partial charge in [-0.3, -0.25) is 4.79 Å². The minimum absolute atomic E-state index is 0.0248. The minimum Gasteiger partial charge on any atom is -0.461 e. The molecule has 0 spiro atoms. The Hall–Kier alpha value is -0.570. The highest BCUT2D eigenvalue weighted by molar-refractivity contribution is 5.78. The van der Waals surface area contributed by atoms with Gasteiger partial charge < -0.3 is 9.84 Å². The summed E-state index contributed by atoms with van der Waals surface area (Å²) >= 11 is 0. The number of rotatable bonds is 16. The van der Waals surface area contributed by atoms with Crippen LogP contribution in [-0.4, -0.2) is 23.3 Å². The molecule has 142 valence electrons. The third-order valence-corrected chi connectivity index (χ3v) is 5.28. The topological polar surface area (TPSA) is 46.5 Å². The molecule has 1 aliphatic heterocycles. The summed E-state index contributed by atoms with van der Waals surface area (Å²) in [5.41, 5.74) is 0. The molecule has 0 aromatic carbocycles. The van der Waals surface area contributed by atoms with Crippen molar-refractivity contribution in [3.63, 3.8) is 0 Å². The van der Waals surface area contributed by atoms with Crippen molar-refractivity contribution in [2.45, 2.75) is 122 Å². The SMILES string of the molecule is CCCCCCCCCC[C@H](O)C[C@@H]1OC(=O)[C@H]1CCCCCC. The Morgan fingerprint density at radius 3 is 2.00 bits per heavy atom. The van der Waals surface area contributed by atoms with Gasteiger partial charge in [0, 0.05) is 6.42 Å². The van der Waals surface area contributed by atoms with E-state index in [0.717, 1.165) is 25.7 Å². The normalized spacial score (nSPS) is 21.4. The molecule has 3 heteroatoms. The van der Waals surface area contributed by atoms with E-state index in [2.05, 4.69) is 13.8 Å². The molecule has 1 aliphatic rings.